The maximum atomic E-state index is 13.8. The first-order chi connectivity index (χ1) is 12.8. The fourth-order valence-electron chi connectivity index (χ4n) is 5.05. The molecule has 4 nitrogen and oxygen atoms in total. The number of hydrogen-bond acceptors (Lipinski definition) is 2. The van der Waals surface area contributed by atoms with Crippen LogP contribution in [0.1, 0.15) is 57.9 Å². The molecule has 0 bridgehead atoms. The van der Waals surface area contributed by atoms with Crippen molar-refractivity contribution >= 4 is 16.9 Å². The maximum Gasteiger partial charge on any atom is 0.315 e. The number of halogens is 1. The minimum atomic E-state index is -0.221. The van der Waals surface area contributed by atoms with E-state index in [4.69, 9.17) is 0 Å². The maximum absolute atomic E-state index is 13.8. The molecule has 27 heavy (non-hydrogen) atoms. The van der Waals surface area contributed by atoms with Crippen molar-refractivity contribution in [1.82, 2.24) is 15.6 Å². The third kappa shape index (κ3) is 3.92. The van der Waals surface area contributed by atoms with Crippen molar-refractivity contribution in [1.29, 1.82) is 0 Å². The first kappa shape index (κ1) is 18.2. The number of fused-ring (bicyclic) bond motifs is 2. The summed E-state index contributed by atoms with van der Waals surface area (Å²) in [7, 11) is 0. The predicted octanol–water partition coefficient (Wildman–Crippen LogP) is 4.74. The molecule has 0 saturated heterocycles. The van der Waals surface area contributed by atoms with E-state index < -0.39 is 0 Å². The smallest absolute Gasteiger partial charge is 0.315 e. The van der Waals surface area contributed by atoms with E-state index in [1.54, 1.807) is 12.1 Å². The van der Waals surface area contributed by atoms with Crippen LogP contribution >= 0.6 is 0 Å². The van der Waals surface area contributed by atoms with Gasteiger partial charge in [-0.3, -0.25) is 4.98 Å². The average molecular weight is 369 g/mol. The Labute approximate surface area is 159 Å². The zero-order valence-electron chi connectivity index (χ0n) is 16.3. The summed E-state index contributed by atoms with van der Waals surface area (Å²) in [5.74, 6) is 1.51. The number of aromatic nitrogens is 1. The van der Waals surface area contributed by atoms with Gasteiger partial charge in [0.15, 0.2) is 0 Å². The second-order valence-corrected chi connectivity index (χ2v) is 9.27. The number of carbonyl (C=O) groups excluding carboxylic acids is 1. The second kappa shape index (κ2) is 6.77. The van der Waals surface area contributed by atoms with Crippen molar-refractivity contribution in [2.75, 3.05) is 0 Å². The average Bonchev–Trinajstić information content (AvgIpc) is 3.10. The largest absolute Gasteiger partial charge is 0.335 e. The molecule has 2 aliphatic rings. The topological polar surface area (TPSA) is 54.0 Å². The summed E-state index contributed by atoms with van der Waals surface area (Å²) in [6, 6.07) is 7.10. The number of nitrogens with one attached hydrogen (secondary N) is 2. The van der Waals surface area contributed by atoms with Crippen molar-refractivity contribution in [2.45, 2.75) is 64.0 Å². The molecular formula is C22H28FN3O. The zero-order chi connectivity index (χ0) is 19.2. The highest BCUT2D eigenvalue weighted by Crippen LogP contribution is 2.51. The summed E-state index contributed by atoms with van der Waals surface area (Å²) in [6.07, 6.45) is 6.13. The molecule has 2 fully saturated rings. The minimum absolute atomic E-state index is 0.0698. The van der Waals surface area contributed by atoms with E-state index in [0.717, 1.165) is 36.6 Å². The zero-order valence-corrected chi connectivity index (χ0v) is 16.3. The Morgan fingerprint density at radius 2 is 1.81 bits per heavy atom. The van der Waals surface area contributed by atoms with Gasteiger partial charge in [0.1, 0.15) is 5.82 Å². The van der Waals surface area contributed by atoms with E-state index >= 15 is 0 Å². The summed E-state index contributed by atoms with van der Waals surface area (Å²) in [5.41, 5.74) is 1.87. The van der Waals surface area contributed by atoms with E-state index in [9.17, 15) is 9.18 Å². The summed E-state index contributed by atoms with van der Waals surface area (Å²) < 4.78 is 13.8. The number of amides is 2. The Morgan fingerprint density at radius 3 is 2.48 bits per heavy atom. The standard InChI is InChI=1S/C22H28FN3O/c1-22(2,3)26-21(27)25-17-10-13-8-15(9-14(13)11-17)18-6-7-24-20-5-4-16(23)12-19(18)20/h4-7,12-15,17H,8-11H2,1-3H3,(H2,25,26,27)/t13-,14+,15-,17-. The second-order valence-electron chi connectivity index (χ2n) is 9.27. The SMILES string of the molecule is CC(C)(C)NC(=O)N[C@H]1C[C@@H]2C[C@H](c3ccnc4ccc(F)cc34)C[C@@H]2C1. The normalized spacial score (nSPS) is 27.6. The highest BCUT2D eigenvalue weighted by Gasteiger charge is 2.42. The highest BCUT2D eigenvalue weighted by atomic mass is 19.1. The molecule has 1 aromatic carbocycles. The van der Waals surface area contributed by atoms with E-state index in [1.165, 1.54) is 11.6 Å². The van der Waals surface area contributed by atoms with Crippen LogP contribution in [0.5, 0.6) is 0 Å². The van der Waals surface area contributed by atoms with Crippen LogP contribution in [0.4, 0.5) is 9.18 Å². The molecule has 4 atom stereocenters. The number of carbonyl (C=O) groups is 1. The number of rotatable bonds is 2. The van der Waals surface area contributed by atoms with Gasteiger partial charge in [-0.2, -0.15) is 0 Å². The fraction of sp³-hybridized carbons (Fsp3) is 0.545. The van der Waals surface area contributed by atoms with Gasteiger partial charge in [-0.15, -0.1) is 0 Å². The van der Waals surface area contributed by atoms with Gasteiger partial charge in [0.25, 0.3) is 0 Å². The molecule has 144 valence electrons. The Kier molecular flexibility index (Phi) is 4.57. The van der Waals surface area contributed by atoms with Crippen molar-refractivity contribution in [3.63, 3.8) is 0 Å². The van der Waals surface area contributed by atoms with E-state index in [2.05, 4.69) is 21.7 Å². The Hall–Kier alpha value is -2.17. The highest BCUT2D eigenvalue weighted by molar-refractivity contribution is 5.82. The van der Waals surface area contributed by atoms with Crippen LogP contribution in [0.25, 0.3) is 10.9 Å². The fourth-order valence-corrected chi connectivity index (χ4v) is 5.05. The monoisotopic (exact) mass is 369 g/mol. The van der Waals surface area contributed by atoms with Crippen LogP contribution < -0.4 is 10.6 Å². The molecule has 2 aliphatic carbocycles. The summed E-state index contributed by atoms with van der Waals surface area (Å²) >= 11 is 0. The minimum Gasteiger partial charge on any atom is -0.335 e. The van der Waals surface area contributed by atoms with Gasteiger partial charge in [-0.25, -0.2) is 9.18 Å². The van der Waals surface area contributed by atoms with Crippen LogP contribution in [-0.2, 0) is 0 Å². The number of hydrogen-bond donors (Lipinski definition) is 2. The number of urea groups is 1. The lowest BCUT2D eigenvalue weighted by molar-refractivity contribution is 0.227. The number of benzene rings is 1. The molecule has 4 rings (SSSR count). The molecule has 1 heterocycles. The molecule has 2 amide bonds. The van der Waals surface area contributed by atoms with Gasteiger partial charge in [-0.05, 0) is 94.0 Å². The molecule has 5 heteroatoms. The van der Waals surface area contributed by atoms with Crippen LogP contribution in [0, 0.1) is 17.7 Å². The van der Waals surface area contributed by atoms with E-state index in [-0.39, 0.29) is 23.4 Å². The number of pyridine rings is 1. The van der Waals surface area contributed by atoms with Crippen molar-refractivity contribution in [3.8, 4) is 0 Å². The lowest BCUT2D eigenvalue weighted by Gasteiger charge is -2.23. The predicted molar refractivity (Wildman–Crippen MR) is 105 cm³/mol. The van der Waals surface area contributed by atoms with E-state index in [0.29, 0.717) is 17.8 Å². The lowest BCUT2D eigenvalue weighted by Crippen LogP contribution is -2.49. The lowest BCUT2D eigenvalue weighted by atomic mass is 9.91. The van der Waals surface area contributed by atoms with Gasteiger partial charge >= 0.3 is 6.03 Å². The van der Waals surface area contributed by atoms with Crippen molar-refractivity contribution in [3.05, 3.63) is 41.8 Å². The van der Waals surface area contributed by atoms with Gasteiger partial charge in [0.2, 0.25) is 0 Å². The third-order valence-corrected chi connectivity index (χ3v) is 6.02. The molecule has 0 radical (unpaired) electrons. The first-order valence-corrected chi connectivity index (χ1v) is 9.91. The van der Waals surface area contributed by atoms with E-state index in [1.807, 2.05) is 27.0 Å². The summed E-state index contributed by atoms with van der Waals surface area (Å²) in [6.45, 7) is 5.97. The van der Waals surface area contributed by atoms with Crippen molar-refractivity contribution < 1.29 is 9.18 Å². The third-order valence-electron chi connectivity index (χ3n) is 6.02. The molecule has 1 aromatic heterocycles. The molecular weight excluding hydrogens is 341 g/mol. The van der Waals surface area contributed by atoms with Gasteiger partial charge < -0.3 is 10.6 Å². The van der Waals surface area contributed by atoms with Gasteiger partial charge in [0.05, 0.1) is 5.52 Å². The van der Waals surface area contributed by atoms with Gasteiger partial charge in [-0.1, -0.05) is 0 Å². The van der Waals surface area contributed by atoms with Crippen LogP contribution in [-0.4, -0.2) is 22.6 Å². The quantitative estimate of drug-likeness (QED) is 0.803. The Morgan fingerprint density at radius 1 is 1.11 bits per heavy atom. The number of nitrogens with zero attached hydrogens (tertiary/aromatic N) is 1. The van der Waals surface area contributed by atoms with Gasteiger partial charge in [0, 0.05) is 23.2 Å². The van der Waals surface area contributed by atoms with Crippen LogP contribution in [0.15, 0.2) is 30.5 Å². The molecule has 2 N–H and O–H groups in total. The summed E-state index contributed by atoms with van der Waals surface area (Å²) in [4.78, 5) is 16.5. The molecule has 0 aliphatic heterocycles. The van der Waals surface area contributed by atoms with Crippen LogP contribution in [0.3, 0.4) is 0 Å². The molecule has 2 saturated carbocycles. The Bertz CT molecular complexity index is 846. The van der Waals surface area contributed by atoms with Crippen molar-refractivity contribution in [2.24, 2.45) is 11.8 Å². The molecule has 0 spiro atoms. The summed E-state index contributed by atoms with van der Waals surface area (Å²) in [5, 5.41) is 7.07. The first-order valence-electron chi connectivity index (χ1n) is 9.91. The Balaban J connectivity index is 1.42. The van der Waals surface area contributed by atoms with Crippen LogP contribution in [0.2, 0.25) is 0 Å². The molecule has 2 aromatic rings. The molecule has 0 unspecified atom stereocenters.